The third-order valence-corrected chi connectivity index (χ3v) is 2.83. The predicted molar refractivity (Wildman–Crippen MR) is 66.8 cm³/mol. The number of hydrogen-bond donors (Lipinski definition) is 2. The molecule has 100 valence electrons. The van der Waals surface area contributed by atoms with E-state index in [1.165, 1.54) is 6.92 Å². The molecular formula is C12H24N2O3. The molecule has 0 rings (SSSR count). The Bertz CT molecular complexity index is 256. The van der Waals surface area contributed by atoms with Crippen LogP contribution in [0.1, 0.15) is 34.1 Å². The van der Waals surface area contributed by atoms with Gasteiger partial charge in [-0.2, -0.15) is 0 Å². The summed E-state index contributed by atoms with van der Waals surface area (Å²) >= 11 is 0. The lowest BCUT2D eigenvalue weighted by atomic mass is 10.1. The first kappa shape index (κ1) is 15.9. The molecule has 0 aromatic rings. The summed E-state index contributed by atoms with van der Waals surface area (Å²) in [5.74, 6) is -0.762. The van der Waals surface area contributed by atoms with Crippen molar-refractivity contribution in [1.29, 1.82) is 0 Å². The SMILES string of the molecule is CCC(C)CN(CC)CC(NC(C)=O)C(=O)O. The van der Waals surface area contributed by atoms with E-state index in [9.17, 15) is 9.59 Å². The summed E-state index contributed by atoms with van der Waals surface area (Å²) < 4.78 is 0. The summed E-state index contributed by atoms with van der Waals surface area (Å²) in [4.78, 5) is 24.0. The zero-order chi connectivity index (χ0) is 13.4. The topological polar surface area (TPSA) is 69.6 Å². The second kappa shape index (κ2) is 8.06. The van der Waals surface area contributed by atoms with Crippen LogP contribution in [0.25, 0.3) is 0 Å². The first-order valence-corrected chi connectivity index (χ1v) is 6.12. The van der Waals surface area contributed by atoms with E-state index in [0.717, 1.165) is 19.5 Å². The Morgan fingerprint density at radius 2 is 1.88 bits per heavy atom. The van der Waals surface area contributed by atoms with Gasteiger partial charge in [-0.25, -0.2) is 4.79 Å². The lowest BCUT2D eigenvalue weighted by Crippen LogP contribution is -2.48. The van der Waals surface area contributed by atoms with E-state index in [4.69, 9.17) is 5.11 Å². The standard InChI is InChI=1S/C12H24N2O3/c1-5-9(3)7-14(6-2)8-11(12(16)17)13-10(4)15/h9,11H,5-8H2,1-4H3,(H,13,15)(H,16,17). The zero-order valence-electron chi connectivity index (χ0n) is 11.2. The molecule has 2 unspecified atom stereocenters. The molecule has 0 fully saturated rings. The molecule has 2 atom stereocenters. The van der Waals surface area contributed by atoms with Crippen molar-refractivity contribution in [3.63, 3.8) is 0 Å². The number of rotatable bonds is 8. The maximum atomic E-state index is 11.0. The molecule has 0 saturated heterocycles. The Kier molecular flexibility index (Phi) is 7.54. The summed E-state index contributed by atoms with van der Waals surface area (Å²) in [6, 6.07) is -0.823. The summed E-state index contributed by atoms with van der Waals surface area (Å²) in [5, 5.41) is 11.5. The molecule has 0 radical (unpaired) electrons. The molecule has 0 aromatic carbocycles. The summed E-state index contributed by atoms with van der Waals surface area (Å²) in [7, 11) is 0. The maximum absolute atomic E-state index is 11.0. The highest BCUT2D eigenvalue weighted by Crippen LogP contribution is 2.05. The third-order valence-electron chi connectivity index (χ3n) is 2.83. The van der Waals surface area contributed by atoms with Crippen molar-refractivity contribution >= 4 is 11.9 Å². The minimum Gasteiger partial charge on any atom is -0.480 e. The summed E-state index contributed by atoms with van der Waals surface area (Å²) in [6.07, 6.45) is 1.06. The zero-order valence-corrected chi connectivity index (χ0v) is 11.2. The third kappa shape index (κ3) is 6.94. The van der Waals surface area contributed by atoms with Crippen molar-refractivity contribution < 1.29 is 14.7 Å². The molecule has 0 heterocycles. The van der Waals surface area contributed by atoms with Crippen molar-refractivity contribution in [1.82, 2.24) is 10.2 Å². The number of hydrogen-bond acceptors (Lipinski definition) is 3. The summed E-state index contributed by atoms with van der Waals surface area (Å²) in [5.41, 5.74) is 0. The van der Waals surface area contributed by atoms with Gasteiger partial charge in [-0.3, -0.25) is 4.79 Å². The first-order valence-electron chi connectivity index (χ1n) is 6.12. The maximum Gasteiger partial charge on any atom is 0.327 e. The molecule has 0 aliphatic rings. The monoisotopic (exact) mass is 244 g/mol. The molecule has 0 aliphatic heterocycles. The van der Waals surface area contributed by atoms with Gasteiger partial charge in [0.1, 0.15) is 6.04 Å². The van der Waals surface area contributed by atoms with Crippen molar-refractivity contribution in [2.75, 3.05) is 19.6 Å². The molecule has 5 nitrogen and oxygen atoms in total. The second-order valence-corrected chi connectivity index (χ2v) is 4.46. The Balaban J connectivity index is 4.38. The Morgan fingerprint density at radius 3 is 2.24 bits per heavy atom. The minimum atomic E-state index is -0.984. The number of nitrogens with zero attached hydrogens (tertiary/aromatic N) is 1. The van der Waals surface area contributed by atoms with Crippen LogP contribution in [0.2, 0.25) is 0 Å². The van der Waals surface area contributed by atoms with E-state index in [0.29, 0.717) is 12.5 Å². The minimum absolute atomic E-state index is 0.308. The Hall–Kier alpha value is -1.10. The molecule has 0 aliphatic carbocycles. The van der Waals surface area contributed by atoms with Crippen molar-refractivity contribution in [2.24, 2.45) is 5.92 Å². The van der Waals surface area contributed by atoms with E-state index in [1.54, 1.807) is 0 Å². The van der Waals surface area contributed by atoms with E-state index in [1.807, 2.05) is 6.92 Å². The van der Waals surface area contributed by atoms with Crippen LogP contribution in [0.4, 0.5) is 0 Å². The van der Waals surface area contributed by atoms with Crippen LogP contribution in [0.3, 0.4) is 0 Å². The number of aliphatic carboxylic acids is 1. The smallest absolute Gasteiger partial charge is 0.327 e. The molecule has 0 aromatic heterocycles. The quantitative estimate of drug-likeness (QED) is 0.667. The van der Waals surface area contributed by atoms with E-state index in [2.05, 4.69) is 24.1 Å². The van der Waals surface area contributed by atoms with Crippen molar-refractivity contribution in [3.8, 4) is 0 Å². The highest BCUT2D eigenvalue weighted by atomic mass is 16.4. The van der Waals surface area contributed by atoms with Gasteiger partial charge in [-0.05, 0) is 12.5 Å². The number of carboxylic acid groups (broad SMARTS) is 1. The molecule has 0 saturated carbocycles. The van der Waals surface area contributed by atoms with Crippen LogP contribution >= 0.6 is 0 Å². The van der Waals surface area contributed by atoms with Gasteiger partial charge < -0.3 is 15.3 Å². The van der Waals surface area contributed by atoms with Gasteiger partial charge in [0.05, 0.1) is 0 Å². The normalized spacial score (nSPS) is 14.4. The first-order chi connectivity index (χ1) is 7.90. The van der Waals surface area contributed by atoms with E-state index < -0.39 is 12.0 Å². The van der Waals surface area contributed by atoms with Gasteiger partial charge >= 0.3 is 5.97 Å². The highest BCUT2D eigenvalue weighted by molar-refractivity contribution is 5.82. The molecule has 17 heavy (non-hydrogen) atoms. The van der Waals surface area contributed by atoms with Crippen LogP contribution in [0.15, 0.2) is 0 Å². The number of carbonyl (C=O) groups excluding carboxylic acids is 1. The molecular weight excluding hydrogens is 220 g/mol. The van der Waals surface area contributed by atoms with Gasteiger partial charge in [0, 0.05) is 20.0 Å². The van der Waals surface area contributed by atoms with E-state index in [-0.39, 0.29) is 5.91 Å². The fraction of sp³-hybridized carbons (Fsp3) is 0.833. The van der Waals surface area contributed by atoms with Crippen LogP contribution < -0.4 is 5.32 Å². The number of carboxylic acids is 1. The van der Waals surface area contributed by atoms with Gasteiger partial charge in [0.2, 0.25) is 5.91 Å². The van der Waals surface area contributed by atoms with Gasteiger partial charge in [-0.15, -0.1) is 0 Å². The summed E-state index contributed by atoms with van der Waals surface area (Å²) in [6.45, 7) is 9.58. The predicted octanol–water partition coefficient (Wildman–Crippen LogP) is 0.944. The Labute approximate surface area is 103 Å². The van der Waals surface area contributed by atoms with Crippen LogP contribution in [0.5, 0.6) is 0 Å². The van der Waals surface area contributed by atoms with Crippen LogP contribution in [-0.2, 0) is 9.59 Å². The van der Waals surface area contributed by atoms with Crippen molar-refractivity contribution in [2.45, 2.75) is 40.2 Å². The van der Waals surface area contributed by atoms with Gasteiger partial charge in [0.25, 0.3) is 0 Å². The molecule has 0 bridgehead atoms. The van der Waals surface area contributed by atoms with E-state index >= 15 is 0 Å². The molecule has 2 N–H and O–H groups in total. The lowest BCUT2D eigenvalue weighted by molar-refractivity contribution is -0.142. The van der Waals surface area contributed by atoms with Gasteiger partial charge in [0.15, 0.2) is 0 Å². The highest BCUT2D eigenvalue weighted by Gasteiger charge is 2.21. The fourth-order valence-electron chi connectivity index (χ4n) is 1.59. The molecule has 5 heteroatoms. The number of nitrogens with one attached hydrogen (secondary N) is 1. The average molecular weight is 244 g/mol. The van der Waals surface area contributed by atoms with Crippen LogP contribution in [0, 0.1) is 5.92 Å². The lowest BCUT2D eigenvalue weighted by Gasteiger charge is -2.26. The number of likely N-dealkylation sites (N-methyl/N-ethyl adjacent to an activating group) is 1. The van der Waals surface area contributed by atoms with Crippen molar-refractivity contribution in [3.05, 3.63) is 0 Å². The largest absolute Gasteiger partial charge is 0.480 e. The molecule has 0 spiro atoms. The van der Waals surface area contributed by atoms with Crippen LogP contribution in [-0.4, -0.2) is 47.6 Å². The fourth-order valence-corrected chi connectivity index (χ4v) is 1.59. The second-order valence-electron chi connectivity index (χ2n) is 4.46. The molecule has 1 amide bonds. The number of carbonyl (C=O) groups is 2. The average Bonchev–Trinajstić information content (AvgIpc) is 2.25. The Morgan fingerprint density at radius 1 is 1.29 bits per heavy atom. The number of amides is 1. The van der Waals surface area contributed by atoms with Gasteiger partial charge in [-0.1, -0.05) is 27.2 Å².